The third-order valence-electron chi connectivity index (χ3n) is 6.52. The molecule has 1 heterocycles. The van der Waals surface area contributed by atoms with Crippen molar-refractivity contribution in [2.45, 2.75) is 17.6 Å². The maximum absolute atomic E-state index is 13.8. The second-order valence-corrected chi connectivity index (χ2v) is 10.8. The van der Waals surface area contributed by atoms with E-state index >= 15 is 0 Å². The predicted molar refractivity (Wildman–Crippen MR) is 147 cm³/mol. The standard InChI is InChI=1S/C30H23F3N2O4S/c1-39-24-16-14-22(15-17-24)28-26-12-5-6-13-27(26)34(19-21-8-7-9-23(18-21)30(31,32)33)29(28)35(20-36)40(37,38)25-10-3-2-4-11-25/h2-18,20H,19H2,1H3. The normalized spacial score (nSPS) is 11.9. The minimum Gasteiger partial charge on any atom is -0.497 e. The number of benzene rings is 4. The Morgan fingerprint density at radius 1 is 0.875 bits per heavy atom. The van der Waals surface area contributed by atoms with E-state index in [9.17, 15) is 26.4 Å². The maximum atomic E-state index is 13.8. The Hall–Kier alpha value is -4.57. The highest BCUT2D eigenvalue weighted by molar-refractivity contribution is 7.93. The SMILES string of the molecule is COc1ccc(-c2c(N(C=O)S(=O)(=O)c3ccccc3)n(Cc3cccc(C(F)(F)F)c3)c3ccccc23)cc1. The molecular weight excluding hydrogens is 541 g/mol. The van der Waals surface area contributed by atoms with Crippen molar-refractivity contribution in [3.8, 4) is 16.9 Å². The van der Waals surface area contributed by atoms with Gasteiger partial charge in [0.25, 0.3) is 10.0 Å². The number of ether oxygens (including phenoxy) is 1. The van der Waals surface area contributed by atoms with Gasteiger partial charge < -0.3 is 9.30 Å². The molecule has 10 heteroatoms. The van der Waals surface area contributed by atoms with Gasteiger partial charge in [0.15, 0.2) is 0 Å². The van der Waals surface area contributed by atoms with Crippen molar-refractivity contribution in [2.75, 3.05) is 11.4 Å². The number of carbonyl (C=O) groups is 1. The molecule has 5 aromatic rings. The Bertz CT molecular complexity index is 1780. The average molecular weight is 565 g/mol. The first-order chi connectivity index (χ1) is 19.1. The van der Waals surface area contributed by atoms with Crippen LogP contribution < -0.4 is 9.04 Å². The predicted octanol–water partition coefficient (Wildman–Crippen LogP) is 6.74. The quantitative estimate of drug-likeness (QED) is 0.196. The Morgan fingerprint density at radius 3 is 2.20 bits per heavy atom. The summed E-state index contributed by atoms with van der Waals surface area (Å²) in [6.07, 6.45) is -4.34. The number of amides is 1. The lowest BCUT2D eigenvalue weighted by Gasteiger charge is -2.22. The van der Waals surface area contributed by atoms with E-state index in [0.717, 1.165) is 12.1 Å². The first kappa shape index (κ1) is 27.0. The second kappa shape index (κ2) is 10.5. The summed E-state index contributed by atoms with van der Waals surface area (Å²) < 4.78 is 75.6. The highest BCUT2D eigenvalue weighted by Gasteiger charge is 2.33. The summed E-state index contributed by atoms with van der Waals surface area (Å²) in [6.45, 7) is -0.134. The Kier molecular flexibility index (Phi) is 7.12. The molecule has 0 saturated carbocycles. The zero-order chi connectivity index (χ0) is 28.5. The van der Waals surface area contributed by atoms with Gasteiger partial charge in [-0.25, -0.2) is 8.42 Å². The Labute approximate surface area is 228 Å². The molecule has 0 unspecified atom stereocenters. The number of nitrogens with zero attached hydrogens (tertiary/aromatic N) is 2. The highest BCUT2D eigenvalue weighted by atomic mass is 32.2. The molecular formula is C30H23F3N2O4S. The van der Waals surface area contributed by atoms with Crippen LogP contribution in [0.4, 0.5) is 19.0 Å². The largest absolute Gasteiger partial charge is 0.497 e. The summed E-state index contributed by atoms with van der Waals surface area (Å²) in [5.41, 5.74) is 1.00. The fraction of sp³-hybridized carbons (Fsp3) is 0.100. The number of methoxy groups -OCH3 is 1. The molecule has 40 heavy (non-hydrogen) atoms. The van der Waals surface area contributed by atoms with Gasteiger partial charge in [-0.3, -0.25) is 4.79 Å². The number of hydrogen-bond acceptors (Lipinski definition) is 4. The van der Waals surface area contributed by atoms with Gasteiger partial charge in [0, 0.05) is 17.5 Å². The molecule has 0 aliphatic rings. The summed E-state index contributed by atoms with van der Waals surface area (Å²) in [5.74, 6) is 0.574. The monoisotopic (exact) mass is 564 g/mol. The number of sulfonamides is 1. The summed E-state index contributed by atoms with van der Waals surface area (Å²) in [6, 6.07) is 26.2. The number of aromatic nitrogens is 1. The molecule has 5 rings (SSSR count). The number of carbonyl (C=O) groups excluding carboxylic acids is 1. The molecule has 1 aromatic heterocycles. The number of para-hydroxylation sites is 1. The first-order valence-electron chi connectivity index (χ1n) is 12.1. The van der Waals surface area contributed by atoms with Crippen LogP contribution in [-0.2, 0) is 27.5 Å². The van der Waals surface area contributed by atoms with Crippen LogP contribution in [0.25, 0.3) is 22.0 Å². The van der Waals surface area contributed by atoms with E-state index < -0.39 is 21.8 Å². The number of anilines is 1. The first-order valence-corrected chi connectivity index (χ1v) is 13.6. The summed E-state index contributed by atoms with van der Waals surface area (Å²) in [4.78, 5) is 12.5. The lowest BCUT2D eigenvalue weighted by molar-refractivity contribution is -0.137. The summed E-state index contributed by atoms with van der Waals surface area (Å²) in [7, 11) is -2.89. The zero-order valence-electron chi connectivity index (χ0n) is 21.2. The minimum absolute atomic E-state index is 0.00244. The van der Waals surface area contributed by atoms with Crippen LogP contribution in [0.5, 0.6) is 5.75 Å². The van der Waals surface area contributed by atoms with Crippen LogP contribution >= 0.6 is 0 Å². The van der Waals surface area contributed by atoms with E-state index in [1.54, 1.807) is 71.3 Å². The van der Waals surface area contributed by atoms with Crippen molar-refractivity contribution in [3.05, 3.63) is 114 Å². The van der Waals surface area contributed by atoms with Crippen LogP contribution in [0.15, 0.2) is 108 Å². The van der Waals surface area contributed by atoms with Gasteiger partial charge in [0.2, 0.25) is 6.41 Å². The van der Waals surface area contributed by atoms with Gasteiger partial charge in [0.1, 0.15) is 11.6 Å². The summed E-state index contributed by atoms with van der Waals surface area (Å²) >= 11 is 0. The molecule has 0 atom stereocenters. The van der Waals surface area contributed by atoms with Crippen molar-refractivity contribution in [3.63, 3.8) is 0 Å². The molecule has 0 N–H and O–H groups in total. The van der Waals surface area contributed by atoms with Gasteiger partial charge in [-0.15, -0.1) is 0 Å². The van der Waals surface area contributed by atoms with Crippen molar-refractivity contribution >= 4 is 33.2 Å². The Balaban J connectivity index is 1.82. The van der Waals surface area contributed by atoms with Crippen molar-refractivity contribution in [1.29, 1.82) is 0 Å². The fourth-order valence-corrected chi connectivity index (χ4v) is 5.94. The topological polar surface area (TPSA) is 68.6 Å². The Morgan fingerprint density at radius 2 is 1.55 bits per heavy atom. The van der Waals surface area contributed by atoms with Crippen molar-refractivity contribution in [1.82, 2.24) is 4.57 Å². The molecule has 1 amide bonds. The molecule has 0 aliphatic heterocycles. The molecule has 0 fully saturated rings. The van der Waals surface area contributed by atoms with Gasteiger partial charge in [-0.05, 0) is 53.6 Å². The number of alkyl halides is 3. The molecule has 6 nitrogen and oxygen atoms in total. The summed E-state index contributed by atoms with van der Waals surface area (Å²) in [5, 5.41) is 0.616. The number of halogens is 3. The van der Waals surface area contributed by atoms with Crippen molar-refractivity contribution < 1.29 is 31.1 Å². The highest BCUT2D eigenvalue weighted by Crippen LogP contribution is 2.43. The molecule has 204 valence electrons. The van der Waals surface area contributed by atoms with E-state index in [2.05, 4.69) is 0 Å². The molecule has 0 spiro atoms. The number of hydrogen-bond donors (Lipinski definition) is 0. The smallest absolute Gasteiger partial charge is 0.416 e. The lowest BCUT2D eigenvalue weighted by atomic mass is 10.0. The van der Waals surface area contributed by atoms with Crippen molar-refractivity contribution in [2.24, 2.45) is 0 Å². The molecule has 0 bridgehead atoms. The van der Waals surface area contributed by atoms with Gasteiger partial charge in [0.05, 0.1) is 23.1 Å². The molecule has 0 saturated heterocycles. The van der Waals surface area contributed by atoms with E-state index in [-0.39, 0.29) is 29.2 Å². The van der Waals surface area contributed by atoms with Crippen LogP contribution in [0.2, 0.25) is 0 Å². The lowest BCUT2D eigenvalue weighted by Crippen LogP contribution is -2.32. The van der Waals surface area contributed by atoms with Crippen LogP contribution in [0.3, 0.4) is 0 Å². The zero-order valence-corrected chi connectivity index (χ0v) is 22.0. The minimum atomic E-state index is -4.56. The number of rotatable bonds is 8. The molecule has 0 aliphatic carbocycles. The third kappa shape index (κ3) is 4.93. The molecule has 4 aromatic carbocycles. The maximum Gasteiger partial charge on any atom is 0.416 e. The fourth-order valence-electron chi connectivity index (χ4n) is 4.68. The van der Waals surface area contributed by atoms with E-state index in [1.165, 1.54) is 31.4 Å². The van der Waals surface area contributed by atoms with Gasteiger partial charge in [-0.1, -0.05) is 60.7 Å². The van der Waals surface area contributed by atoms with E-state index in [0.29, 0.717) is 32.1 Å². The molecule has 0 radical (unpaired) electrons. The van der Waals surface area contributed by atoms with Crippen LogP contribution in [-0.4, -0.2) is 26.5 Å². The second-order valence-electron chi connectivity index (χ2n) is 8.95. The third-order valence-corrected chi connectivity index (χ3v) is 8.17. The van der Waals surface area contributed by atoms with Crippen LogP contribution in [0.1, 0.15) is 11.1 Å². The van der Waals surface area contributed by atoms with Crippen LogP contribution in [0, 0.1) is 0 Å². The van der Waals surface area contributed by atoms with Gasteiger partial charge in [-0.2, -0.15) is 17.5 Å². The van der Waals surface area contributed by atoms with Gasteiger partial charge >= 0.3 is 6.18 Å². The number of fused-ring (bicyclic) bond motifs is 1. The average Bonchev–Trinajstić information content (AvgIpc) is 3.27. The van der Waals surface area contributed by atoms with E-state index in [1.807, 2.05) is 0 Å². The van der Waals surface area contributed by atoms with E-state index in [4.69, 9.17) is 4.74 Å².